The quantitative estimate of drug-likeness (QED) is 0.934. The van der Waals surface area contributed by atoms with Crippen LogP contribution in [0.5, 0.6) is 5.88 Å². The Morgan fingerprint density at radius 2 is 2.10 bits per heavy atom. The first-order valence-corrected chi connectivity index (χ1v) is 7.95. The molecule has 1 aliphatic heterocycles. The first kappa shape index (κ1) is 13.9. The predicted molar refractivity (Wildman–Crippen MR) is 88.1 cm³/mol. The maximum absolute atomic E-state index is 5.33. The molecule has 4 nitrogen and oxygen atoms in total. The average molecular weight is 299 g/mol. The van der Waals surface area contributed by atoms with Crippen LogP contribution in [-0.2, 0) is 0 Å². The van der Waals surface area contributed by atoms with E-state index in [1.165, 1.54) is 5.56 Å². The van der Waals surface area contributed by atoms with Crippen LogP contribution in [0, 0.1) is 0 Å². The molecule has 0 spiro atoms. The maximum atomic E-state index is 5.33. The molecule has 0 saturated carbocycles. The van der Waals surface area contributed by atoms with Crippen LogP contribution in [0.3, 0.4) is 0 Å². The molecule has 0 amide bonds. The van der Waals surface area contributed by atoms with Crippen LogP contribution >= 0.6 is 11.8 Å². The Balaban J connectivity index is 1.65. The molecule has 3 rings (SSSR count). The molecule has 1 aromatic heterocycles. The minimum Gasteiger partial charge on any atom is -0.478 e. The van der Waals surface area contributed by atoms with E-state index in [2.05, 4.69) is 34.6 Å². The number of rotatable bonds is 4. The van der Waals surface area contributed by atoms with Gasteiger partial charge in [0.05, 0.1) is 24.5 Å². The Kier molecular flexibility index (Phi) is 4.40. The third-order valence-electron chi connectivity index (χ3n) is 3.12. The van der Waals surface area contributed by atoms with Crippen LogP contribution in [0.1, 0.15) is 18.5 Å². The number of thioether (sulfide) groups is 1. The van der Waals surface area contributed by atoms with Crippen molar-refractivity contribution in [1.82, 2.24) is 4.98 Å². The van der Waals surface area contributed by atoms with Crippen molar-refractivity contribution in [3.05, 3.63) is 54.2 Å². The third kappa shape index (κ3) is 3.55. The van der Waals surface area contributed by atoms with Gasteiger partial charge in [-0.1, -0.05) is 42.1 Å². The van der Waals surface area contributed by atoms with Gasteiger partial charge in [-0.25, -0.2) is 4.98 Å². The lowest BCUT2D eigenvalue weighted by atomic mass is 10.1. The first-order chi connectivity index (χ1) is 10.3. The molecule has 5 heteroatoms. The van der Waals surface area contributed by atoms with Crippen molar-refractivity contribution in [1.29, 1.82) is 0 Å². The lowest BCUT2D eigenvalue weighted by molar-refractivity contribution is 0.327. The zero-order valence-corrected chi connectivity index (χ0v) is 12.6. The summed E-state index contributed by atoms with van der Waals surface area (Å²) >= 11 is 1.73. The standard InChI is InChI=1S/C16H17N3OS/c1-2-20-15-9-8-13(10-17-15)18-16-19-14(11-21-16)12-6-4-3-5-7-12/h3-10,14H,2,11H2,1H3,(H,18,19). The topological polar surface area (TPSA) is 46.5 Å². The van der Waals surface area contributed by atoms with Gasteiger partial charge in [0.1, 0.15) is 0 Å². The van der Waals surface area contributed by atoms with Gasteiger partial charge >= 0.3 is 0 Å². The number of benzene rings is 1. The molecule has 0 radical (unpaired) electrons. The maximum Gasteiger partial charge on any atom is 0.213 e. The van der Waals surface area contributed by atoms with Crippen molar-refractivity contribution in [2.45, 2.75) is 13.0 Å². The molecular formula is C16H17N3OS. The number of aliphatic imine (C=N–C) groups is 1. The van der Waals surface area contributed by atoms with Gasteiger partial charge in [0.2, 0.25) is 5.88 Å². The monoisotopic (exact) mass is 299 g/mol. The Morgan fingerprint density at radius 3 is 2.81 bits per heavy atom. The highest BCUT2D eigenvalue weighted by molar-refractivity contribution is 8.14. The largest absolute Gasteiger partial charge is 0.478 e. The minimum atomic E-state index is 0.231. The molecule has 1 atom stereocenters. The number of anilines is 1. The smallest absolute Gasteiger partial charge is 0.213 e. The summed E-state index contributed by atoms with van der Waals surface area (Å²) in [7, 11) is 0. The van der Waals surface area contributed by atoms with E-state index in [9.17, 15) is 0 Å². The van der Waals surface area contributed by atoms with Gasteiger partial charge in [0, 0.05) is 11.8 Å². The van der Waals surface area contributed by atoms with Gasteiger partial charge in [-0.05, 0) is 18.6 Å². The van der Waals surface area contributed by atoms with Crippen molar-refractivity contribution >= 4 is 22.6 Å². The van der Waals surface area contributed by atoms with E-state index in [0.717, 1.165) is 16.6 Å². The molecule has 0 bridgehead atoms. The SMILES string of the molecule is CCOc1ccc(NC2=NC(c3ccccc3)CS2)cn1. The van der Waals surface area contributed by atoms with Crippen molar-refractivity contribution in [3.8, 4) is 5.88 Å². The van der Waals surface area contributed by atoms with Crippen LogP contribution in [-0.4, -0.2) is 22.5 Å². The highest BCUT2D eigenvalue weighted by Gasteiger charge is 2.19. The second-order valence-corrected chi connectivity index (χ2v) is 5.62. The zero-order chi connectivity index (χ0) is 14.5. The summed E-state index contributed by atoms with van der Waals surface area (Å²) in [6.07, 6.45) is 1.77. The van der Waals surface area contributed by atoms with Crippen molar-refractivity contribution < 1.29 is 4.74 Å². The fraction of sp³-hybridized carbons (Fsp3) is 0.250. The molecule has 1 aliphatic rings. The van der Waals surface area contributed by atoms with Crippen LogP contribution in [0.15, 0.2) is 53.7 Å². The van der Waals surface area contributed by atoms with Crippen molar-refractivity contribution in [2.24, 2.45) is 4.99 Å². The summed E-state index contributed by atoms with van der Waals surface area (Å²) in [5.41, 5.74) is 2.19. The molecular weight excluding hydrogens is 282 g/mol. The summed E-state index contributed by atoms with van der Waals surface area (Å²) in [4.78, 5) is 8.96. The highest BCUT2D eigenvalue weighted by atomic mass is 32.2. The van der Waals surface area contributed by atoms with E-state index < -0.39 is 0 Å². The molecule has 2 aromatic rings. The Hall–Kier alpha value is -2.01. The van der Waals surface area contributed by atoms with Crippen LogP contribution in [0.4, 0.5) is 5.69 Å². The van der Waals surface area contributed by atoms with Crippen molar-refractivity contribution in [3.63, 3.8) is 0 Å². The van der Waals surface area contributed by atoms with Gasteiger partial charge in [0.25, 0.3) is 0 Å². The van der Waals surface area contributed by atoms with Gasteiger partial charge < -0.3 is 10.1 Å². The molecule has 21 heavy (non-hydrogen) atoms. The number of aromatic nitrogens is 1. The second-order valence-electron chi connectivity index (χ2n) is 4.61. The number of amidine groups is 1. The molecule has 0 aliphatic carbocycles. The van der Waals surface area contributed by atoms with Gasteiger partial charge in [-0.15, -0.1) is 0 Å². The highest BCUT2D eigenvalue weighted by Crippen LogP contribution is 2.30. The lowest BCUT2D eigenvalue weighted by Gasteiger charge is -2.06. The van der Waals surface area contributed by atoms with E-state index in [1.54, 1.807) is 18.0 Å². The molecule has 2 heterocycles. The van der Waals surface area contributed by atoms with Gasteiger partial charge in [-0.2, -0.15) is 0 Å². The predicted octanol–water partition coefficient (Wildman–Crippen LogP) is 3.74. The summed E-state index contributed by atoms with van der Waals surface area (Å²) in [6.45, 7) is 2.57. The van der Waals surface area contributed by atoms with Crippen LogP contribution in [0.25, 0.3) is 0 Å². The summed E-state index contributed by atoms with van der Waals surface area (Å²) in [5.74, 6) is 1.61. The van der Waals surface area contributed by atoms with Crippen molar-refractivity contribution in [2.75, 3.05) is 17.7 Å². The van der Waals surface area contributed by atoms with Gasteiger partial charge in [0.15, 0.2) is 5.17 Å². The van der Waals surface area contributed by atoms with Crippen LogP contribution in [0.2, 0.25) is 0 Å². The fourth-order valence-corrected chi connectivity index (χ4v) is 3.07. The molecule has 1 N–H and O–H groups in total. The van der Waals surface area contributed by atoms with E-state index in [1.807, 2.05) is 25.1 Å². The molecule has 1 unspecified atom stereocenters. The number of pyridine rings is 1. The Bertz CT molecular complexity index is 613. The number of nitrogens with one attached hydrogen (secondary N) is 1. The lowest BCUT2D eigenvalue weighted by Crippen LogP contribution is -2.05. The fourth-order valence-electron chi connectivity index (χ4n) is 2.10. The number of hydrogen-bond donors (Lipinski definition) is 1. The Morgan fingerprint density at radius 1 is 1.24 bits per heavy atom. The number of nitrogens with zero attached hydrogens (tertiary/aromatic N) is 2. The number of hydrogen-bond acceptors (Lipinski definition) is 5. The number of ether oxygens (including phenoxy) is 1. The van der Waals surface area contributed by atoms with Gasteiger partial charge in [-0.3, -0.25) is 4.99 Å². The van der Waals surface area contributed by atoms with E-state index >= 15 is 0 Å². The van der Waals surface area contributed by atoms with E-state index in [-0.39, 0.29) is 6.04 Å². The summed E-state index contributed by atoms with van der Waals surface area (Å²) < 4.78 is 5.33. The van der Waals surface area contributed by atoms with Crippen LogP contribution < -0.4 is 10.1 Å². The second kappa shape index (κ2) is 6.63. The third-order valence-corrected chi connectivity index (χ3v) is 4.08. The molecule has 0 saturated heterocycles. The normalized spacial score (nSPS) is 17.4. The zero-order valence-electron chi connectivity index (χ0n) is 11.8. The summed E-state index contributed by atoms with van der Waals surface area (Å²) in [6, 6.07) is 14.4. The Labute approximate surface area is 128 Å². The molecule has 108 valence electrons. The summed E-state index contributed by atoms with van der Waals surface area (Å²) in [5, 5.41) is 4.24. The average Bonchev–Trinajstić information content (AvgIpc) is 2.99. The van der Waals surface area contributed by atoms with E-state index in [4.69, 9.17) is 9.73 Å². The molecule has 0 fully saturated rings. The van der Waals surface area contributed by atoms with E-state index in [0.29, 0.717) is 12.5 Å². The first-order valence-electron chi connectivity index (χ1n) is 6.96. The minimum absolute atomic E-state index is 0.231. The molecule has 1 aromatic carbocycles.